The van der Waals surface area contributed by atoms with Gasteiger partial charge in [-0.1, -0.05) is 27.7 Å². The van der Waals surface area contributed by atoms with Crippen molar-refractivity contribution in [3.8, 4) is 5.75 Å². The lowest BCUT2D eigenvalue weighted by Crippen LogP contribution is -2.45. The van der Waals surface area contributed by atoms with E-state index in [0.29, 0.717) is 0 Å². The zero-order valence-electron chi connectivity index (χ0n) is 17.2. The molecule has 29 heavy (non-hydrogen) atoms. The molecule has 0 bridgehead atoms. The highest BCUT2D eigenvalue weighted by Gasteiger charge is 2.27. The zero-order valence-corrected chi connectivity index (χ0v) is 18.0. The van der Waals surface area contributed by atoms with Crippen LogP contribution in [0.4, 0.5) is 5.69 Å². The van der Waals surface area contributed by atoms with Crippen molar-refractivity contribution in [1.82, 2.24) is 9.62 Å². The molecule has 162 valence electrons. The largest absolute Gasteiger partial charge is 0.477 e. The molecule has 1 aromatic rings. The molecule has 0 heterocycles. The number of hydrogen-bond donors (Lipinski definition) is 1. The van der Waals surface area contributed by atoms with Gasteiger partial charge in [0.15, 0.2) is 18.1 Å². The average Bonchev–Trinajstić information content (AvgIpc) is 2.64. The van der Waals surface area contributed by atoms with E-state index in [1.54, 1.807) is 27.7 Å². The van der Waals surface area contributed by atoms with Crippen LogP contribution in [0.3, 0.4) is 0 Å². The summed E-state index contributed by atoms with van der Waals surface area (Å²) in [5.74, 6) is -1.21. The van der Waals surface area contributed by atoms with E-state index in [0.717, 1.165) is 12.1 Å². The summed E-state index contributed by atoms with van der Waals surface area (Å²) in [6.45, 7) is 8.11. The van der Waals surface area contributed by atoms with Crippen LogP contribution in [0.1, 0.15) is 34.6 Å². The summed E-state index contributed by atoms with van der Waals surface area (Å²) >= 11 is 0. The number of nitro groups is 1. The molecule has 0 saturated carbocycles. The van der Waals surface area contributed by atoms with Gasteiger partial charge in [0.1, 0.15) is 0 Å². The van der Waals surface area contributed by atoms with Gasteiger partial charge in [0, 0.05) is 19.2 Å². The molecular formula is C18H27N3O7S. The Morgan fingerprint density at radius 1 is 1.24 bits per heavy atom. The molecule has 0 fully saturated rings. The minimum atomic E-state index is -3.88. The van der Waals surface area contributed by atoms with Crippen molar-refractivity contribution in [3.05, 3.63) is 28.3 Å². The molecule has 0 aliphatic carbocycles. The van der Waals surface area contributed by atoms with Crippen molar-refractivity contribution in [2.45, 2.75) is 45.6 Å². The summed E-state index contributed by atoms with van der Waals surface area (Å²) in [6, 6.07) is 2.56. The molecule has 10 nitrogen and oxygen atoms in total. The first-order chi connectivity index (χ1) is 13.4. The third kappa shape index (κ3) is 6.23. The minimum Gasteiger partial charge on any atom is -0.477 e. The highest BCUT2D eigenvalue weighted by Crippen LogP contribution is 2.30. The maximum absolute atomic E-state index is 12.6. The Morgan fingerprint density at radius 3 is 2.28 bits per heavy atom. The maximum atomic E-state index is 12.6. The normalized spacial score (nSPS) is 12.7. The number of Topliss-reactive ketones (excluding diaryl/α,β-unsaturated/α-hetero) is 1. The van der Waals surface area contributed by atoms with Crippen LogP contribution in [0.5, 0.6) is 5.75 Å². The Morgan fingerprint density at radius 2 is 1.83 bits per heavy atom. The highest BCUT2D eigenvalue weighted by atomic mass is 32.2. The van der Waals surface area contributed by atoms with Gasteiger partial charge in [-0.2, -0.15) is 4.31 Å². The molecule has 1 atom stereocenters. The molecule has 0 aromatic heterocycles. The Bertz CT molecular complexity index is 864. The first-order valence-corrected chi connectivity index (χ1v) is 10.6. The second-order valence-corrected chi connectivity index (χ2v) is 8.60. The van der Waals surface area contributed by atoms with Crippen molar-refractivity contribution >= 4 is 27.4 Å². The van der Waals surface area contributed by atoms with Gasteiger partial charge >= 0.3 is 5.69 Å². The molecular weight excluding hydrogens is 402 g/mol. The van der Waals surface area contributed by atoms with E-state index in [2.05, 4.69) is 5.32 Å². The van der Waals surface area contributed by atoms with Crippen LogP contribution in [0.25, 0.3) is 0 Å². The number of amides is 1. The fourth-order valence-electron chi connectivity index (χ4n) is 2.73. The Kier molecular flexibility index (Phi) is 8.71. The summed E-state index contributed by atoms with van der Waals surface area (Å²) in [7, 11) is -3.88. The van der Waals surface area contributed by atoms with Gasteiger partial charge in [-0.15, -0.1) is 0 Å². The van der Waals surface area contributed by atoms with Crippen molar-refractivity contribution < 1.29 is 27.7 Å². The summed E-state index contributed by atoms with van der Waals surface area (Å²) in [5, 5.41) is 13.9. The first kappa shape index (κ1) is 24.5. The summed E-state index contributed by atoms with van der Waals surface area (Å²) in [4.78, 5) is 34.0. The SMILES string of the molecule is CCN(CC)S(=O)(=O)c1ccc(OCC(=O)NC(C(C)=O)C(C)C)c([N+](=O)[O-])c1. The molecule has 1 amide bonds. The topological polar surface area (TPSA) is 136 Å². The van der Waals surface area contributed by atoms with Gasteiger partial charge < -0.3 is 10.1 Å². The van der Waals surface area contributed by atoms with Gasteiger partial charge in [-0.25, -0.2) is 8.42 Å². The number of rotatable bonds is 11. The first-order valence-electron chi connectivity index (χ1n) is 9.16. The lowest BCUT2D eigenvalue weighted by atomic mass is 10.0. The average molecular weight is 429 g/mol. The Hall–Kier alpha value is -2.53. The second kappa shape index (κ2) is 10.3. The fourth-order valence-corrected chi connectivity index (χ4v) is 4.21. The van der Waals surface area contributed by atoms with Crippen molar-refractivity contribution in [1.29, 1.82) is 0 Å². The maximum Gasteiger partial charge on any atom is 0.312 e. The van der Waals surface area contributed by atoms with E-state index in [1.165, 1.54) is 17.3 Å². The second-order valence-electron chi connectivity index (χ2n) is 6.66. The molecule has 1 aromatic carbocycles. The van der Waals surface area contributed by atoms with Crippen LogP contribution in [0.15, 0.2) is 23.1 Å². The third-order valence-corrected chi connectivity index (χ3v) is 6.30. The number of hydrogen-bond acceptors (Lipinski definition) is 7. The quantitative estimate of drug-likeness (QED) is 0.418. The highest BCUT2D eigenvalue weighted by molar-refractivity contribution is 7.89. The minimum absolute atomic E-state index is 0.129. The van der Waals surface area contributed by atoms with Gasteiger partial charge in [0.25, 0.3) is 5.91 Å². The van der Waals surface area contributed by atoms with Crippen LogP contribution in [-0.4, -0.2) is 55.1 Å². The molecule has 0 spiro atoms. The molecule has 1 N–H and O–H groups in total. The van der Waals surface area contributed by atoms with Crippen LogP contribution in [0.2, 0.25) is 0 Å². The van der Waals surface area contributed by atoms with E-state index in [4.69, 9.17) is 4.74 Å². The van der Waals surface area contributed by atoms with Crippen LogP contribution in [0, 0.1) is 16.0 Å². The molecule has 1 unspecified atom stereocenters. The van der Waals surface area contributed by atoms with Crippen molar-refractivity contribution in [2.75, 3.05) is 19.7 Å². The predicted molar refractivity (Wildman–Crippen MR) is 106 cm³/mol. The smallest absolute Gasteiger partial charge is 0.312 e. The molecule has 1 rings (SSSR count). The van der Waals surface area contributed by atoms with E-state index >= 15 is 0 Å². The number of nitrogens with zero attached hydrogens (tertiary/aromatic N) is 2. The molecule has 11 heteroatoms. The number of carbonyl (C=O) groups excluding carboxylic acids is 2. The number of benzene rings is 1. The van der Waals surface area contributed by atoms with Gasteiger partial charge in [-0.05, 0) is 25.0 Å². The molecule has 0 aliphatic rings. The Balaban J connectivity index is 3.05. The molecule has 0 radical (unpaired) electrons. The lowest BCUT2D eigenvalue weighted by molar-refractivity contribution is -0.386. The predicted octanol–water partition coefficient (Wildman–Crippen LogP) is 1.73. The number of nitro benzene ring substituents is 1. The van der Waals surface area contributed by atoms with Crippen LogP contribution in [-0.2, 0) is 19.6 Å². The number of sulfonamides is 1. The summed E-state index contributed by atoms with van der Waals surface area (Å²) in [5.41, 5.74) is -0.571. The van der Waals surface area contributed by atoms with E-state index in [9.17, 15) is 28.1 Å². The number of ether oxygens (including phenoxy) is 1. The molecule has 0 saturated heterocycles. The number of carbonyl (C=O) groups is 2. The number of nitrogens with one attached hydrogen (secondary N) is 1. The zero-order chi connectivity index (χ0) is 22.4. The summed E-state index contributed by atoms with van der Waals surface area (Å²) in [6.07, 6.45) is 0. The van der Waals surface area contributed by atoms with Crippen LogP contribution >= 0.6 is 0 Å². The third-order valence-electron chi connectivity index (χ3n) is 4.25. The fraction of sp³-hybridized carbons (Fsp3) is 0.556. The van der Waals surface area contributed by atoms with Gasteiger partial charge in [0.2, 0.25) is 10.0 Å². The van der Waals surface area contributed by atoms with Crippen molar-refractivity contribution in [3.63, 3.8) is 0 Å². The van der Waals surface area contributed by atoms with E-state index < -0.39 is 39.2 Å². The number of ketones is 1. The van der Waals surface area contributed by atoms with E-state index in [1.807, 2.05) is 0 Å². The van der Waals surface area contributed by atoms with Gasteiger partial charge in [-0.3, -0.25) is 19.7 Å². The van der Waals surface area contributed by atoms with Crippen LogP contribution < -0.4 is 10.1 Å². The lowest BCUT2D eigenvalue weighted by Gasteiger charge is -2.20. The monoisotopic (exact) mass is 429 g/mol. The summed E-state index contributed by atoms with van der Waals surface area (Å²) < 4.78 is 31.5. The van der Waals surface area contributed by atoms with Crippen molar-refractivity contribution in [2.24, 2.45) is 5.92 Å². The molecule has 0 aliphatic heterocycles. The standard InChI is InChI=1S/C18H27N3O7S/c1-6-20(7-2)29(26,27)14-8-9-16(15(10-14)21(24)25)28-11-17(23)19-18(12(3)4)13(5)22/h8-10,12,18H,6-7,11H2,1-5H3,(H,19,23). The van der Waals surface area contributed by atoms with Gasteiger partial charge in [0.05, 0.1) is 15.9 Å². The Labute approximate surface area is 170 Å². The van der Waals surface area contributed by atoms with E-state index in [-0.39, 0.29) is 35.4 Å².